The number of piperidine rings is 1. The zero-order valence-corrected chi connectivity index (χ0v) is 11.8. The van der Waals surface area contributed by atoms with Gasteiger partial charge in [0, 0.05) is 25.7 Å². The molecule has 0 aliphatic carbocycles. The smallest absolute Gasteiger partial charge is 0.361 e. The number of hydrogen-bond acceptors (Lipinski definition) is 3. The number of rotatable bonds is 3. The fourth-order valence-electron chi connectivity index (χ4n) is 3.89. The van der Waals surface area contributed by atoms with Gasteiger partial charge in [0.05, 0.1) is 32.3 Å². The minimum absolute atomic E-state index is 0.0131. The summed E-state index contributed by atoms with van der Waals surface area (Å²) in [7, 11) is 2.29. The molecule has 5 heteroatoms. The van der Waals surface area contributed by atoms with Crippen LogP contribution in [0.3, 0.4) is 0 Å². The van der Waals surface area contributed by atoms with E-state index in [1.54, 1.807) is 4.90 Å². The Kier molecular flexibility index (Phi) is 4.05. The van der Waals surface area contributed by atoms with E-state index in [4.69, 9.17) is 9.47 Å². The average molecular weight is 270 g/mol. The first-order valence-electron chi connectivity index (χ1n) is 7.66. The lowest BCUT2D eigenvalue weighted by Gasteiger charge is -2.33. The van der Waals surface area contributed by atoms with Crippen molar-refractivity contribution in [3.8, 4) is 0 Å². The number of carbonyl (C=O) groups excluding carboxylic acids is 1. The van der Waals surface area contributed by atoms with E-state index in [9.17, 15) is 4.79 Å². The van der Waals surface area contributed by atoms with E-state index in [0.717, 1.165) is 39.1 Å². The molecule has 0 radical (unpaired) electrons. The molecule has 0 amide bonds. The van der Waals surface area contributed by atoms with E-state index >= 15 is 0 Å². The summed E-state index contributed by atoms with van der Waals surface area (Å²) in [5.41, 5.74) is 0. The normalized spacial score (nSPS) is 39.2. The Balaban J connectivity index is 1.45. The highest BCUT2D eigenvalue weighted by Gasteiger charge is 2.43. The van der Waals surface area contributed by atoms with Gasteiger partial charge in [-0.1, -0.05) is 0 Å². The van der Waals surface area contributed by atoms with Gasteiger partial charge in [0.25, 0.3) is 0 Å². The van der Waals surface area contributed by atoms with Crippen molar-refractivity contribution in [2.45, 2.75) is 43.9 Å². The highest BCUT2D eigenvalue weighted by atomic mass is 16.5. The molecular formula is C14H26N2O3+2. The van der Waals surface area contributed by atoms with Gasteiger partial charge in [-0.3, -0.25) is 0 Å². The Hall–Kier alpha value is -0.650. The van der Waals surface area contributed by atoms with Crippen LogP contribution in [0.5, 0.6) is 0 Å². The molecule has 3 fully saturated rings. The van der Waals surface area contributed by atoms with Crippen molar-refractivity contribution in [3.63, 3.8) is 0 Å². The van der Waals surface area contributed by atoms with E-state index in [-0.39, 0.29) is 12.1 Å². The first-order chi connectivity index (χ1) is 9.22. The van der Waals surface area contributed by atoms with E-state index in [1.807, 2.05) is 0 Å². The Labute approximate surface area is 114 Å². The van der Waals surface area contributed by atoms with Crippen molar-refractivity contribution in [2.75, 3.05) is 39.9 Å². The van der Waals surface area contributed by atoms with Crippen molar-refractivity contribution >= 4 is 5.97 Å². The Morgan fingerprint density at radius 3 is 2.47 bits per heavy atom. The number of esters is 1. The van der Waals surface area contributed by atoms with E-state index < -0.39 is 0 Å². The van der Waals surface area contributed by atoms with E-state index in [1.165, 1.54) is 17.7 Å². The summed E-state index contributed by atoms with van der Waals surface area (Å²) in [6.45, 7) is 3.91. The molecule has 3 aliphatic rings. The fraction of sp³-hybridized carbons (Fsp3) is 0.929. The van der Waals surface area contributed by atoms with Gasteiger partial charge in [0.2, 0.25) is 0 Å². The Bertz CT molecular complexity index is 317. The molecule has 2 bridgehead atoms. The third-order valence-electron chi connectivity index (χ3n) is 5.14. The summed E-state index contributed by atoms with van der Waals surface area (Å²) in [5, 5.41) is 0. The summed E-state index contributed by atoms with van der Waals surface area (Å²) in [5.74, 6) is -0.0131. The predicted molar refractivity (Wildman–Crippen MR) is 69.2 cm³/mol. The minimum atomic E-state index is -0.0131. The van der Waals surface area contributed by atoms with Gasteiger partial charge >= 0.3 is 5.97 Å². The minimum Gasteiger partial charge on any atom is -0.458 e. The van der Waals surface area contributed by atoms with Crippen molar-refractivity contribution in [3.05, 3.63) is 0 Å². The molecule has 5 nitrogen and oxygen atoms in total. The maximum absolute atomic E-state index is 12.0. The first-order valence-corrected chi connectivity index (χ1v) is 7.66. The molecule has 4 atom stereocenters. The van der Waals surface area contributed by atoms with Crippen LogP contribution in [0.15, 0.2) is 0 Å². The summed E-state index contributed by atoms with van der Waals surface area (Å²) in [6, 6.07) is 1.43. The molecule has 2 unspecified atom stereocenters. The fourth-order valence-corrected chi connectivity index (χ4v) is 3.89. The van der Waals surface area contributed by atoms with Crippen LogP contribution in [0.1, 0.15) is 25.7 Å². The largest absolute Gasteiger partial charge is 0.458 e. The first kappa shape index (κ1) is 13.3. The molecule has 108 valence electrons. The van der Waals surface area contributed by atoms with Crippen molar-refractivity contribution < 1.29 is 24.1 Å². The van der Waals surface area contributed by atoms with E-state index in [2.05, 4.69) is 7.05 Å². The summed E-state index contributed by atoms with van der Waals surface area (Å²) >= 11 is 0. The van der Waals surface area contributed by atoms with Gasteiger partial charge in [-0.25, -0.2) is 4.79 Å². The van der Waals surface area contributed by atoms with Gasteiger partial charge in [0.15, 0.2) is 6.54 Å². The van der Waals surface area contributed by atoms with Crippen LogP contribution >= 0.6 is 0 Å². The molecule has 0 spiro atoms. The predicted octanol–water partition coefficient (Wildman–Crippen LogP) is -2.35. The molecule has 19 heavy (non-hydrogen) atoms. The molecule has 0 aromatic carbocycles. The Morgan fingerprint density at radius 2 is 1.84 bits per heavy atom. The van der Waals surface area contributed by atoms with Gasteiger partial charge in [-0.05, 0) is 0 Å². The topological polar surface area (TPSA) is 44.4 Å². The number of ether oxygens (including phenoxy) is 2. The second-order valence-electron chi connectivity index (χ2n) is 6.34. The van der Waals surface area contributed by atoms with Crippen LogP contribution in [-0.2, 0) is 14.3 Å². The zero-order valence-electron chi connectivity index (χ0n) is 11.8. The number of morpholine rings is 1. The molecule has 3 saturated heterocycles. The van der Waals surface area contributed by atoms with E-state index in [0.29, 0.717) is 18.6 Å². The number of carbonyl (C=O) groups is 1. The van der Waals surface area contributed by atoms with Gasteiger partial charge in [-0.2, -0.15) is 0 Å². The second kappa shape index (κ2) is 5.77. The molecule has 0 aromatic rings. The average Bonchev–Trinajstić information content (AvgIpc) is 2.63. The van der Waals surface area contributed by atoms with Gasteiger partial charge < -0.3 is 19.3 Å². The van der Waals surface area contributed by atoms with Gasteiger partial charge in [-0.15, -0.1) is 0 Å². The molecule has 3 heterocycles. The van der Waals surface area contributed by atoms with Crippen LogP contribution < -0.4 is 9.80 Å². The third kappa shape index (κ3) is 3.09. The summed E-state index contributed by atoms with van der Waals surface area (Å²) in [4.78, 5) is 15.0. The molecule has 3 rings (SSSR count). The number of quaternary nitrogens is 2. The second-order valence-corrected chi connectivity index (χ2v) is 6.34. The lowest BCUT2D eigenvalue weighted by Crippen LogP contribution is -3.15. The highest BCUT2D eigenvalue weighted by molar-refractivity contribution is 5.70. The standard InChI is InChI=1S/C14H24N2O3/c1-15-11-2-3-12(15)9-13(8-11)19-14(17)10-16-4-6-18-7-5-16/h11-13H,2-10H2,1H3/p+2/t11-,12+,13?. The van der Waals surface area contributed by atoms with Crippen LogP contribution in [0.4, 0.5) is 0 Å². The van der Waals surface area contributed by atoms with Crippen LogP contribution in [0, 0.1) is 0 Å². The van der Waals surface area contributed by atoms with Crippen molar-refractivity contribution in [2.24, 2.45) is 0 Å². The monoisotopic (exact) mass is 270 g/mol. The Morgan fingerprint density at radius 1 is 1.21 bits per heavy atom. The summed E-state index contributed by atoms with van der Waals surface area (Å²) < 4.78 is 11.0. The van der Waals surface area contributed by atoms with Crippen molar-refractivity contribution in [1.29, 1.82) is 0 Å². The highest BCUT2D eigenvalue weighted by Crippen LogP contribution is 2.24. The van der Waals surface area contributed by atoms with Crippen molar-refractivity contribution in [1.82, 2.24) is 0 Å². The maximum Gasteiger partial charge on any atom is 0.361 e. The van der Waals surface area contributed by atoms with Crippen LogP contribution in [0.25, 0.3) is 0 Å². The lowest BCUT2D eigenvalue weighted by molar-refractivity contribution is -0.923. The number of fused-ring (bicyclic) bond motifs is 2. The molecule has 3 aliphatic heterocycles. The third-order valence-corrected chi connectivity index (χ3v) is 5.14. The quantitative estimate of drug-likeness (QED) is 0.565. The maximum atomic E-state index is 12.0. The molecule has 2 N–H and O–H groups in total. The van der Waals surface area contributed by atoms with Gasteiger partial charge in [0.1, 0.15) is 19.2 Å². The summed E-state index contributed by atoms with van der Waals surface area (Å²) in [6.07, 6.45) is 4.91. The number of hydrogen-bond donors (Lipinski definition) is 2. The van der Waals surface area contributed by atoms with Crippen LogP contribution in [-0.4, -0.2) is 64.1 Å². The SMILES string of the molecule is C[NH+]1[C@@H]2CC[C@H]1CC(OC(=O)C[NH+]1CCOCC1)C2. The lowest BCUT2D eigenvalue weighted by atomic mass is 10.0. The molecular weight excluding hydrogens is 244 g/mol. The molecule has 0 saturated carbocycles. The zero-order chi connectivity index (χ0) is 13.2. The molecule has 0 aromatic heterocycles. The van der Waals surface area contributed by atoms with Crippen LogP contribution in [0.2, 0.25) is 0 Å². The number of nitrogens with one attached hydrogen (secondary N) is 2.